The average Bonchev–Trinajstić information content (AvgIpc) is 2.50. The number of unbranched alkanes of at least 4 members (excludes halogenated alkanes) is 1. The van der Waals surface area contributed by atoms with E-state index in [-0.39, 0.29) is 5.69 Å². The molecule has 0 aliphatic heterocycles. The Kier molecular flexibility index (Phi) is 4.31. The summed E-state index contributed by atoms with van der Waals surface area (Å²) in [7, 11) is 0. The average molecular weight is 239 g/mol. The van der Waals surface area contributed by atoms with Gasteiger partial charge in [0.05, 0.1) is 12.3 Å². The first kappa shape index (κ1) is 13.3. The van der Waals surface area contributed by atoms with Gasteiger partial charge in [0, 0.05) is 5.56 Å². The minimum Gasteiger partial charge on any atom is -0.461 e. The highest BCUT2D eigenvalue weighted by atomic mass is 16.5. The van der Waals surface area contributed by atoms with Gasteiger partial charge < -0.3 is 9.94 Å². The van der Waals surface area contributed by atoms with Gasteiger partial charge in [0.15, 0.2) is 12.0 Å². The Morgan fingerprint density at radius 1 is 1.47 bits per heavy atom. The predicted octanol–water partition coefficient (Wildman–Crippen LogP) is 2.11. The molecular weight excluding hydrogens is 222 g/mol. The molecule has 0 fully saturated rings. The lowest BCUT2D eigenvalue weighted by Crippen LogP contribution is -2.13. The van der Waals surface area contributed by atoms with Crippen LogP contribution in [0.3, 0.4) is 0 Å². The molecule has 0 spiro atoms. The fourth-order valence-corrected chi connectivity index (χ4v) is 1.63. The lowest BCUT2D eigenvalue weighted by Gasteiger charge is -2.05. The Balaban J connectivity index is 2.98. The minimum absolute atomic E-state index is 0.0284. The van der Waals surface area contributed by atoms with Crippen molar-refractivity contribution in [1.82, 2.24) is 4.73 Å². The zero-order chi connectivity index (χ0) is 13.0. The standard InChI is InChI=1S/C12H17NO4/c1-4-5-6-17-12(15)11-8(2)10(7-14)9(3)13(11)16/h7,16H,4-6H2,1-3H3. The van der Waals surface area contributed by atoms with Gasteiger partial charge in [-0.25, -0.2) is 4.79 Å². The Bertz CT molecular complexity index is 434. The first-order valence-corrected chi connectivity index (χ1v) is 5.58. The van der Waals surface area contributed by atoms with Crippen molar-refractivity contribution in [2.45, 2.75) is 33.6 Å². The predicted molar refractivity (Wildman–Crippen MR) is 61.7 cm³/mol. The van der Waals surface area contributed by atoms with Gasteiger partial charge in [0.2, 0.25) is 0 Å². The molecule has 0 unspecified atom stereocenters. The van der Waals surface area contributed by atoms with Crippen LogP contribution in [0.25, 0.3) is 0 Å². The smallest absolute Gasteiger partial charge is 0.358 e. The van der Waals surface area contributed by atoms with Crippen molar-refractivity contribution < 1.29 is 19.5 Å². The number of esters is 1. The van der Waals surface area contributed by atoms with E-state index in [0.717, 1.165) is 12.8 Å². The largest absolute Gasteiger partial charge is 0.461 e. The van der Waals surface area contributed by atoms with Crippen molar-refractivity contribution in [3.05, 3.63) is 22.5 Å². The number of aldehydes is 1. The fourth-order valence-electron chi connectivity index (χ4n) is 1.63. The third-order valence-electron chi connectivity index (χ3n) is 2.72. The van der Waals surface area contributed by atoms with E-state index in [1.54, 1.807) is 13.8 Å². The Hall–Kier alpha value is -1.78. The number of carbonyl (C=O) groups excluding carboxylic acids is 2. The number of rotatable bonds is 5. The van der Waals surface area contributed by atoms with Crippen LogP contribution in [-0.4, -0.2) is 28.8 Å². The van der Waals surface area contributed by atoms with Gasteiger partial charge in [-0.15, -0.1) is 0 Å². The molecule has 0 atom stereocenters. The Morgan fingerprint density at radius 2 is 2.12 bits per heavy atom. The lowest BCUT2D eigenvalue weighted by molar-refractivity contribution is 0.0446. The zero-order valence-electron chi connectivity index (χ0n) is 10.3. The Morgan fingerprint density at radius 3 is 2.59 bits per heavy atom. The van der Waals surface area contributed by atoms with Gasteiger partial charge in [-0.1, -0.05) is 13.3 Å². The molecule has 0 saturated carbocycles. The maximum absolute atomic E-state index is 11.7. The second kappa shape index (κ2) is 5.52. The molecule has 17 heavy (non-hydrogen) atoms. The molecule has 1 aromatic heterocycles. The molecule has 0 aliphatic carbocycles. The molecular formula is C12H17NO4. The lowest BCUT2D eigenvalue weighted by atomic mass is 10.1. The number of nitrogens with zero attached hydrogens (tertiary/aromatic N) is 1. The van der Waals surface area contributed by atoms with E-state index in [1.807, 2.05) is 6.92 Å². The number of hydrogen-bond donors (Lipinski definition) is 1. The third kappa shape index (κ3) is 2.49. The van der Waals surface area contributed by atoms with Crippen LogP contribution in [0.4, 0.5) is 0 Å². The molecule has 0 saturated heterocycles. The maximum Gasteiger partial charge on any atom is 0.358 e. The topological polar surface area (TPSA) is 68.5 Å². The SMILES string of the molecule is CCCCOC(=O)c1c(C)c(C=O)c(C)n1O. The molecule has 0 bridgehead atoms. The van der Waals surface area contributed by atoms with Gasteiger partial charge in [0.1, 0.15) is 0 Å². The van der Waals surface area contributed by atoms with Crippen molar-refractivity contribution in [2.24, 2.45) is 0 Å². The normalized spacial score (nSPS) is 10.3. The molecule has 1 rings (SSSR count). The van der Waals surface area contributed by atoms with Gasteiger partial charge >= 0.3 is 5.97 Å². The van der Waals surface area contributed by atoms with Crippen LogP contribution in [0.2, 0.25) is 0 Å². The summed E-state index contributed by atoms with van der Waals surface area (Å²) >= 11 is 0. The second-order valence-corrected chi connectivity index (χ2v) is 3.89. The Labute approximate surface area is 100.0 Å². The molecule has 0 radical (unpaired) electrons. The van der Waals surface area contributed by atoms with Crippen LogP contribution < -0.4 is 0 Å². The van der Waals surface area contributed by atoms with Crippen LogP contribution in [0.1, 0.15) is 51.9 Å². The zero-order valence-corrected chi connectivity index (χ0v) is 10.3. The van der Waals surface area contributed by atoms with Crippen LogP contribution in [-0.2, 0) is 4.74 Å². The van der Waals surface area contributed by atoms with Crippen molar-refractivity contribution in [3.63, 3.8) is 0 Å². The third-order valence-corrected chi connectivity index (χ3v) is 2.72. The fraction of sp³-hybridized carbons (Fsp3) is 0.500. The van der Waals surface area contributed by atoms with E-state index in [9.17, 15) is 14.8 Å². The number of ether oxygens (including phenoxy) is 1. The summed E-state index contributed by atoms with van der Waals surface area (Å²) in [6.07, 6.45) is 2.32. The van der Waals surface area contributed by atoms with Crippen molar-refractivity contribution in [3.8, 4) is 0 Å². The summed E-state index contributed by atoms with van der Waals surface area (Å²) < 4.78 is 5.72. The van der Waals surface area contributed by atoms with Gasteiger partial charge in [-0.3, -0.25) is 4.79 Å². The van der Waals surface area contributed by atoms with Crippen molar-refractivity contribution in [2.75, 3.05) is 6.61 Å². The molecule has 5 heteroatoms. The van der Waals surface area contributed by atoms with Crippen molar-refractivity contribution in [1.29, 1.82) is 0 Å². The number of aromatic nitrogens is 1. The van der Waals surface area contributed by atoms with Crippen LogP contribution in [0, 0.1) is 13.8 Å². The van der Waals surface area contributed by atoms with E-state index < -0.39 is 5.97 Å². The molecule has 94 valence electrons. The maximum atomic E-state index is 11.7. The highest BCUT2D eigenvalue weighted by Gasteiger charge is 2.23. The molecule has 1 aromatic rings. The van der Waals surface area contributed by atoms with Gasteiger partial charge in [-0.2, -0.15) is 4.73 Å². The summed E-state index contributed by atoms with van der Waals surface area (Å²) in [6.45, 7) is 5.48. The second-order valence-electron chi connectivity index (χ2n) is 3.89. The van der Waals surface area contributed by atoms with Gasteiger partial charge in [0.25, 0.3) is 0 Å². The quantitative estimate of drug-likeness (QED) is 0.370. The summed E-state index contributed by atoms with van der Waals surface area (Å²) in [5.74, 6) is -0.602. The van der Waals surface area contributed by atoms with Crippen LogP contribution in [0.5, 0.6) is 0 Å². The van der Waals surface area contributed by atoms with E-state index in [0.29, 0.717) is 34.4 Å². The van der Waals surface area contributed by atoms with Gasteiger partial charge in [-0.05, 0) is 25.8 Å². The van der Waals surface area contributed by atoms with E-state index in [4.69, 9.17) is 4.74 Å². The van der Waals surface area contributed by atoms with E-state index in [1.165, 1.54) is 0 Å². The van der Waals surface area contributed by atoms with Crippen LogP contribution >= 0.6 is 0 Å². The molecule has 0 amide bonds. The minimum atomic E-state index is -0.602. The van der Waals surface area contributed by atoms with E-state index in [2.05, 4.69) is 0 Å². The molecule has 1 N–H and O–H groups in total. The molecule has 5 nitrogen and oxygen atoms in total. The number of carbonyl (C=O) groups is 2. The summed E-state index contributed by atoms with van der Waals surface area (Å²) in [4.78, 5) is 22.5. The first-order valence-electron chi connectivity index (χ1n) is 5.58. The summed E-state index contributed by atoms with van der Waals surface area (Å²) in [5.41, 5.74) is 1.15. The molecule has 1 heterocycles. The first-order chi connectivity index (χ1) is 8.04. The summed E-state index contributed by atoms with van der Waals surface area (Å²) in [6, 6.07) is 0. The molecule has 0 aliphatic rings. The van der Waals surface area contributed by atoms with E-state index >= 15 is 0 Å². The highest BCUT2D eigenvalue weighted by molar-refractivity contribution is 5.94. The monoisotopic (exact) mass is 239 g/mol. The molecule has 0 aromatic carbocycles. The summed E-state index contributed by atoms with van der Waals surface area (Å²) in [5, 5.41) is 9.71. The van der Waals surface area contributed by atoms with Crippen LogP contribution in [0.15, 0.2) is 0 Å². The van der Waals surface area contributed by atoms with Crippen molar-refractivity contribution >= 4 is 12.3 Å². The number of hydrogen-bond acceptors (Lipinski definition) is 4. The highest BCUT2D eigenvalue weighted by Crippen LogP contribution is 2.19.